The van der Waals surface area contributed by atoms with E-state index >= 15 is 0 Å². The molecule has 0 aliphatic heterocycles. The largest absolute Gasteiger partial charge is 0.493 e. The number of nitrogens with zero attached hydrogens (tertiary/aromatic N) is 1. The second-order valence-electron chi connectivity index (χ2n) is 6.64. The number of fused-ring (bicyclic) bond motifs is 1. The third-order valence-corrected chi connectivity index (χ3v) is 4.63. The van der Waals surface area contributed by atoms with Gasteiger partial charge in [0.2, 0.25) is 0 Å². The lowest BCUT2D eigenvalue weighted by atomic mass is 10.1. The van der Waals surface area contributed by atoms with Crippen molar-refractivity contribution in [3.05, 3.63) is 59.4 Å². The zero-order valence-corrected chi connectivity index (χ0v) is 16.7. The molecule has 2 amide bonds. The van der Waals surface area contributed by atoms with E-state index in [1.165, 1.54) is 7.11 Å². The van der Waals surface area contributed by atoms with Crippen LogP contribution in [-0.2, 0) is 17.8 Å². The van der Waals surface area contributed by atoms with Crippen molar-refractivity contribution in [3.63, 3.8) is 0 Å². The Balaban J connectivity index is 1.83. The molecule has 7 nitrogen and oxygen atoms in total. The Hall–Kier alpha value is -3.48. The average Bonchev–Trinajstić information content (AvgIpc) is 3.09. The summed E-state index contributed by atoms with van der Waals surface area (Å²) in [6.45, 7) is 2.18. The Morgan fingerprint density at radius 2 is 1.90 bits per heavy atom. The minimum Gasteiger partial charge on any atom is -0.493 e. The number of hydrogen-bond acceptors (Lipinski definition) is 5. The second-order valence-corrected chi connectivity index (χ2v) is 6.64. The molecule has 0 aliphatic carbocycles. The number of nitrogens with two attached hydrogens (primary N) is 1. The molecular weight excluding hydrogens is 372 g/mol. The number of furan rings is 1. The zero-order chi connectivity index (χ0) is 21.0. The van der Waals surface area contributed by atoms with Gasteiger partial charge in [-0.3, -0.25) is 9.59 Å². The normalized spacial score (nSPS) is 10.7. The molecule has 0 aliphatic rings. The topological polar surface area (TPSA) is 95.0 Å². The van der Waals surface area contributed by atoms with E-state index in [0.717, 1.165) is 28.7 Å². The van der Waals surface area contributed by atoms with Gasteiger partial charge >= 0.3 is 0 Å². The van der Waals surface area contributed by atoms with Crippen LogP contribution in [0.2, 0.25) is 0 Å². The van der Waals surface area contributed by atoms with Crippen LogP contribution >= 0.6 is 0 Å². The van der Waals surface area contributed by atoms with Crippen molar-refractivity contribution in [2.75, 3.05) is 20.8 Å². The van der Waals surface area contributed by atoms with Crippen LogP contribution < -0.4 is 15.2 Å². The van der Waals surface area contributed by atoms with Gasteiger partial charge in [-0.15, -0.1) is 0 Å². The third-order valence-electron chi connectivity index (χ3n) is 4.63. The molecule has 0 fully saturated rings. The Labute approximate surface area is 169 Å². The molecule has 0 spiro atoms. The summed E-state index contributed by atoms with van der Waals surface area (Å²) in [5.41, 5.74) is 7.37. The van der Waals surface area contributed by atoms with Gasteiger partial charge < -0.3 is 24.5 Å². The summed E-state index contributed by atoms with van der Waals surface area (Å²) in [6, 6.07) is 12.6. The zero-order valence-electron chi connectivity index (χ0n) is 16.7. The van der Waals surface area contributed by atoms with Crippen molar-refractivity contribution in [2.45, 2.75) is 19.9 Å². The Kier molecular flexibility index (Phi) is 6.07. The molecule has 0 unspecified atom stereocenters. The maximum Gasteiger partial charge on any atom is 0.255 e. The molecule has 3 aromatic rings. The number of carbonyl (C=O) groups is 2. The van der Waals surface area contributed by atoms with Gasteiger partial charge in [-0.25, -0.2) is 0 Å². The highest BCUT2D eigenvalue weighted by Crippen LogP contribution is 2.30. The van der Waals surface area contributed by atoms with Crippen molar-refractivity contribution in [1.29, 1.82) is 0 Å². The van der Waals surface area contributed by atoms with E-state index < -0.39 is 5.91 Å². The quantitative estimate of drug-likeness (QED) is 0.631. The number of methoxy groups -OCH3 is 1. The molecule has 1 heterocycles. The lowest BCUT2D eigenvalue weighted by Crippen LogP contribution is -2.26. The minimum atomic E-state index is -0.592. The fraction of sp³-hybridized carbons (Fsp3) is 0.273. The highest BCUT2D eigenvalue weighted by Gasteiger charge is 2.19. The monoisotopic (exact) mass is 396 g/mol. The molecule has 3 rings (SSSR count). The maximum absolute atomic E-state index is 13.0. The number of amides is 2. The van der Waals surface area contributed by atoms with Gasteiger partial charge in [-0.05, 0) is 24.3 Å². The number of primary amides is 1. The molecule has 0 saturated carbocycles. The molecule has 0 radical (unpaired) electrons. The number of hydrogen-bond donors (Lipinski definition) is 1. The van der Waals surface area contributed by atoms with Gasteiger partial charge in [0.05, 0.1) is 7.11 Å². The standard InChI is InChI=1S/C22H24N2O5/c1-4-17-16(15-7-5-6-8-18(15)29-17)12-24(2)22(26)14-9-10-19(20(11-14)27-3)28-13-21(23)25/h5-11H,4,12-13H2,1-3H3,(H2,23,25). The summed E-state index contributed by atoms with van der Waals surface area (Å²) in [5, 5.41) is 1.01. The van der Waals surface area contributed by atoms with Gasteiger partial charge in [0.25, 0.3) is 11.8 Å². The number of ether oxygens (including phenoxy) is 2. The predicted molar refractivity (Wildman–Crippen MR) is 109 cm³/mol. The fourth-order valence-corrected chi connectivity index (χ4v) is 3.21. The summed E-state index contributed by atoms with van der Waals surface area (Å²) >= 11 is 0. The first-order valence-corrected chi connectivity index (χ1v) is 9.28. The third kappa shape index (κ3) is 4.34. The van der Waals surface area contributed by atoms with Gasteiger partial charge in [0, 0.05) is 36.5 Å². The predicted octanol–water partition coefficient (Wildman–Crippen LogP) is 3.14. The lowest BCUT2D eigenvalue weighted by Gasteiger charge is -2.18. The van der Waals surface area contributed by atoms with Crippen LogP contribution in [0.4, 0.5) is 0 Å². The van der Waals surface area contributed by atoms with Crippen LogP contribution in [-0.4, -0.2) is 37.5 Å². The van der Waals surface area contributed by atoms with Crippen LogP contribution in [0.25, 0.3) is 11.0 Å². The summed E-state index contributed by atoms with van der Waals surface area (Å²) in [4.78, 5) is 25.5. The molecule has 0 atom stereocenters. The van der Waals surface area contributed by atoms with Crippen LogP contribution in [0.1, 0.15) is 28.6 Å². The molecule has 7 heteroatoms. The van der Waals surface area contributed by atoms with E-state index in [4.69, 9.17) is 19.6 Å². The van der Waals surface area contributed by atoms with Crippen LogP contribution in [0.5, 0.6) is 11.5 Å². The molecule has 1 aromatic heterocycles. The highest BCUT2D eigenvalue weighted by molar-refractivity contribution is 5.95. The van der Waals surface area contributed by atoms with Crippen LogP contribution in [0.15, 0.2) is 46.9 Å². The summed E-state index contributed by atoms with van der Waals surface area (Å²) in [7, 11) is 3.21. The van der Waals surface area contributed by atoms with Crippen molar-refractivity contribution >= 4 is 22.8 Å². The number of para-hydroxylation sites is 1. The minimum absolute atomic E-state index is 0.169. The maximum atomic E-state index is 13.0. The van der Waals surface area contributed by atoms with Crippen LogP contribution in [0.3, 0.4) is 0 Å². The smallest absolute Gasteiger partial charge is 0.255 e. The van der Waals surface area contributed by atoms with Crippen LogP contribution in [0, 0.1) is 0 Å². The summed E-state index contributed by atoms with van der Waals surface area (Å²) in [5.74, 6) is 0.815. The van der Waals surface area contributed by atoms with E-state index in [-0.39, 0.29) is 12.5 Å². The summed E-state index contributed by atoms with van der Waals surface area (Å²) < 4.78 is 16.5. The van der Waals surface area contributed by atoms with Gasteiger partial charge in [-0.1, -0.05) is 25.1 Å². The Morgan fingerprint density at radius 1 is 1.14 bits per heavy atom. The van der Waals surface area contributed by atoms with E-state index in [9.17, 15) is 9.59 Å². The van der Waals surface area contributed by atoms with Crippen molar-refractivity contribution < 1.29 is 23.5 Å². The molecule has 152 valence electrons. The fourth-order valence-electron chi connectivity index (χ4n) is 3.21. The van der Waals surface area contributed by atoms with E-state index in [1.54, 1.807) is 30.1 Å². The van der Waals surface area contributed by atoms with Gasteiger partial charge in [-0.2, -0.15) is 0 Å². The number of benzene rings is 2. The first-order chi connectivity index (χ1) is 13.9. The first kappa shape index (κ1) is 20.3. The second kappa shape index (κ2) is 8.68. The molecule has 2 aromatic carbocycles. The Morgan fingerprint density at radius 3 is 2.59 bits per heavy atom. The highest BCUT2D eigenvalue weighted by atomic mass is 16.5. The molecule has 0 saturated heterocycles. The average molecular weight is 396 g/mol. The van der Waals surface area contributed by atoms with Crippen molar-refractivity contribution in [2.24, 2.45) is 5.73 Å². The van der Waals surface area contributed by atoms with Crippen molar-refractivity contribution in [3.8, 4) is 11.5 Å². The van der Waals surface area contributed by atoms with E-state index in [1.807, 2.05) is 31.2 Å². The Bertz CT molecular complexity index is 1040. The number of rotatable bonds is 8. The number of aryl methyl sites for hydroxylation is 1. The lowest BCUT2D eigenvalue weighted by molar-refractivity contribution is -0.119. The SMILES string of the molecule is CCc1oc2ccccc2c1CN(C)C(=O)c1ccc(OCC(N)=O)c(OC)c1. The van der Waals surface area contributed by atoms with Gasteiger partial charge in [0.1, 0.15) is 11.3 Å². The summed E-state index contributed by atoms with van der Waals surface area (Å²) in [6.07, 6.45) is 0.742. The first-order valence-electron chi connectivity index (χ1n) is 9.28. The van der Waals surface area contributed by atoms with E-state index in [2.05, 4.69) is 0 Å². The van der Waals surface area contributed by atoms with Gasteiger partial charge in [0.15, 0.2) is 18.1 Å². The molecular formula is C22H24N2O5. The number of carbonyl (C=O) groups excluding carboxylic acids is 2. The molecule has 0 bridgehead atoms. The van der Waals surface area contributed by atoms with E-state index in [0.29, 0.717) is 23.6 Å². The molecule has 29 heavy (non-hydrogen) atoms. The van der Waals surface area contributed by atoms with Crippen molar-refractivity contribution in [1.82, 2.24) is 4.90 Å². The molecule has 2 N–H and O–H groups in total.